The van der Waals surface area contributed by atoms with E-state index in [4.69, 9.17) is 0 Å². The molecule has 1 N–H and O–H groups in total. The Bertz CT molecular complexity index is 1360. The van der Waals surface area contributed by atoms with E-state index in [2.05, 4.69) is 30.9 Å². The Labute approximate surface area is 171 Å². The number of aromatic nitrogens is 7. The first-order valence-electron chi connectivity index (χ1n) is 9.25. The van der Waals surface area contributed by atoms with Crippen molar-refractivity contribution in [2.45, 2.75) is 6.92 Å². The average Bonchev–Trinajstić information content (AvgIpc) is 3.40. The van der Waals surface area contributed by atoms with Gasteiger partial charge in [-0.2, -0.15) is 9.78 Å². The van der Waals surface area contributed by atoms with E-state index in [1.54, 1.807) is 34.5 Å². The van der Waals surface area contributed by atoms with E-state index >= 15 is 0 Å². The molecular weight excluding hydrogens is 380 g/mol. The Kier molecular flexibility index (Phi) is 4.25. The lowest BCUT2D eigenvalue weighted by Crippen LogP contribution is -2.12. The van der Waals surface area contributed by atoms with Gasteiger partial charge < -0.3 is 5.32 Å². The second-order valence-corrected chi connectivity index (χ2v) is 6.63. The van der Waals surface area contributed by atoms with Crippen molar-refractivity contribution in [3.05, 3.63) is 84.4 Å². The fraction of sp³-hybridized carbons (Fsp3) is 0.0476. The van der Waals surface area contributed by atoms with Crippen LogP contribution in [0.4, 0.5) is 5.69 Å². The molecule has 0 aliphatic heterocycles. The highest BCUT2D eigenvalue weighted by atomic mass is 16.1. The third kappa shape index (κ3) is 3.08. The SMILES string of the molecule is Cc1nnnn1-c1cccc(NC(=O)c2cnn3c(-c4ccccc4)ccnc23)c1. The molecule has 0 saturated carbocycles. The van der Waals surface area contributed by atoms with Gasteiger partial charge in [-0.25, -0.2) is 9.50 Å². The van der Waals surface area contributed by atoms with Gasteiger partial charge in [-0.15, -0.1) is 5.10 Å². The second kappa shape index (κ2) is 7.21. The number of hydrogen-bond acceptors (Lipinski definition) is 6. The summed E-state index contributed by atoms with van der Waals surface area (Å²) in [7, 11) is 0. The molecule has 5 rings (SSSR count). The molecular formula is C21H16N8O. The van der Waals surface area contributed by atoms with E-state index in [9.17, 15) is 4.79 Å². The number of benzene rings is 2. The number of amides is 1. The lowest BCUT2D eigenvalue weighted by molar-refractivity contribution is 0.102. The Morgan fingerprint density at radius 3 is 2.70 bits per heavy atom. The first kappa shape index (κ1) is 17.7. The number of rotatable bonds is 4. The van der Waals surface area contributed by atoms with Crippen LogP contribution in [0.25, 0.3) is 22.6 Å². The molecule has 0 fully saturated rings. The molecule has 9 heteroatoms. The summed E-state index contributed by atoms with van der Waals surface area (Å²) in [5.41, 5.74) is 4.09. The second-order valence-electron chi connectivity index (χ2n) is 6.63. The van der Waals surface area contributed by atoms with E-state index in [1.165, 1.54) is 6.20 Å². The third-order valence-electron chi connectivity index (χ3n) is 4.69. The summed E-state index contributed by atoms with van der Waals surface area (Å²) in [6.45, 7) is 1.81. The molecule has 0 atom stereocenters. The molecule has 9 nitrogen and oxygen atoms in total. The van der Waals surface area contributed by atoms with Crippen LogP contribution in [-0.2, 0) is 0 Å². The molecule has 1 amide bonds. The highest BCUT2D eigenvalue weighted by molar-refractivity contribution is 6.08. The maximum Gasteiger partial charge on any atom is 0.261 e. The molecule has 0 aliphatic rings. The largest absolute Gasteiger partial charge is 0.322 e. The van der Waals surface area contributed by atoms with Crippen molar-refractivity contribution >= 4 is 17.2 Å². The normalized spacial score (nSPS) is 11.0. The first-order valence-corrected chi connectivity index (χ1v) is 9.25. The molecule has 0 spiro atoms. The van der Waals surface area contributed by atoms with Crippen LogP contribution in [0.3, 0.4) is 0 Å². The van der Waals surface area contributed by atoms with Crippen molar-refractivity contribution < 1.29 is 4.79 Å². The average molecular weight is 396 g/mol. The number of nitrogens with one attached hydrogen (secondary N) is 1. The van der Waals surface area contributed by atoms with Crippen LogP contribution in [0.15, 0.2) is 73.1 Å². The van der Waals surface area contributed by atoms with Crippen LogP contribution in [0.2, 0.25) is 0 Å². The van der Waals surface area contributed by atoms with Crippen LogP contribution in [0, 0.1) is 6.92 Å². The number of hydrogen-bond donors (Lipinski definition) is 1. The van der Waals surface area contributed by atoms with E-state index in [-0.39, 0.29) is 5.91 Å². The molecule has 0 bridgehead atoms. The van der Waals surface area contributed by atoms with Crippen molar-refractivity contribution in [3.8, 4) is 16.9 Å². The van der Waals surface area contributed by atoms with Crippen molar-refractivity contribution in [1.29, 1.82) is 0 Å². The molecule has 5 aromatic rings. The van der Waals surface area contributed by atoms with Crippen LogP contribution < -0.4 is 5.32 Å². The summed E-state index contributed by atoms with van der Waals surface area (Å²) >= 11 is 0. The maximum atomic E-state index is 13.0. The van der Waals surface area contributed by atoms with Gasteiger partial charge in [0.1, 0.15) is 5.56 Å². The van der Waals surface area contributed by atoms with E-state index in [0.29, 0.717) is 22.7 Å². The van der Waals surface area contributed by atoms with Gasteiger partial charge in [0.05, 0.1) is 17.6 Å². The minimum Gasteiger partial charge on any atom is -0.322 e. The summed E-state index contributed by atoms with van der Waals surface area (Å²) in [6, 6.07) is 19.0. The number of aryl methyl sites for hydroxylation is 1. The number of fused-ring (bicyclic) bond motifs is 1. The smallest absolute Gasteiger partial charge is 0.261 e. The van der Waals surface area contributed by atoms with Crippen LogP contribution in [0.1, 0.15) is 16.2 Å². The summed E-state index contributed by atoms with van der Waals surface area (Å²) in [5, 5.41) is 18.8. The van der Waals surface area contributed by atoms with E-state index in [0.717, 1.165) is 16.9 Å². The van der Waals surface area contributed by atoms with Crippen molar-refractivity contribution in [2.24, 2.45) is 0 Å². The summed E-state index contributed by atoms with van der Waals surface area (Å²) in [4.78, 5) is 17.3. The van der Waals surface area contributed by atoms with Crippen LogP contribution in [-0.4, -0.2) is 40.7 Å². The molecule has 0 radical (unpaired) electrons. The van der Waals surface area contributed by atoms with Crippen molar-refractivity contribution in [1.82, 2.24) is 34.8 Å². The molecule has 0 unspecified atom stereocenters. The fourth-order valence-corrected chi connectivity index (χ4v) is 3.26. The zero-order valence-electron chi connectivity index (χ0n) is 16.0. The van der Waals surface area contributed by atoms with Crippen LogP contribution in [0.5, 0.6) is 0 Å². The Balaban J connectivity index is 1.47. The zero-order valence-corrected chi connectivity index (χ0v) is 16.0. The van der Waals surface area contributed by atoms with Gasteiger partial charge in [-0.1, -0.05) is 36.4 Å². The van der Waals surface area contributed by atoms with Crippen molar-refractivity contribution in [3.63, 3.8) is 0 Å². The van der Waals surface area contributed by atoms with E-state index < -0.39 is 0 Å². The Morgan fingerprint density at radius 1 is 1.03 bits per heavy atom. The minimum absolute atomic E-state index is 0.298. The lowest BCUT2D eigenvalue weighted by Gasteiger charge is -2.08. The highest BCUT2D eigenvalue weighted by Gasteiger charge is 2.17. The highest BCUT2D eigenvalue weighted by Crippen LogP contribution is 2.22. The zero-order chi connectivity index (χ0) is 20.5. The molecule has 3 aromatic heterocycles. The molecule has 30 heavy (non-hydrogen) atoms. The van der Waals surface area contributed by atoms with Gasteiger partial charge in [0.15, 0.2) is 11.5 Å². The minimum atomic E-state index is -0.298. The molecule has 0 saturated heterocycles. The van der Waals surface area contributed by atoms with Gasteiger partial charge in [0.2, 0.25) is 0 Å². The molecule has 0 aliphatic carbocycles. The van der Waals surface area contributed by atoms with Gasteiger partial charge in [0, 0.05) is 17.4 Å². The standard InChI is InChI=1S/C21H16N8O/c1-14-25-26-27-28(14)17-9-5-8-16(12-17)24-21(30)18-13-23-29-19(10-11-22-20(18)29)15-6-3-2-4-7-15/h2-13H,1H3,(H,24,30). The number of anilines is 1. The topological polar surface area (TPSA) is 103 Å². The summed E-state index contributed by atoms with van der Waals surface area (Å²) < 4.78 is 3.27. The lowest BCUT2D eigenvalue weighted by atomic mass is 10.1. The first-order chi connectivity index (χ1) is 14.7. The van der Waals surface area contributed by atoms with E-state index in [1.807, 2.05) is 48.5 Å². The van der Waals surface area contributed by atoms with Gasteiger partial charge >= 0.3 is 0 Å². The van der Waals surface area contributed by atoms with Gasteiger partial charge in [0.25, 0.3) is 5.91 Å². The Hall–Kier alpha value is -4.40. The number of carbonyl (C=O) groups excluding carboxylic acids is 1. The number of tetrazole rings is 1. The number of carbonyl (C=O) groups is 1. The summed E-state index contributed by atoms with van der Waals surface area (Å²) in [6.07, 6.45) is 3.21. The van der Waals surface area contributed by atoms with Crippen molar-refractivity contribution in [2.75, 3.05) is 5.32 Å². The molecule has 3 heterocycles. The number of nitrogens with zero attached hydrogens (tertiary/aromatic N) is 7. The maximum absolute atomic E-state index is 13.0. The molecule has 146 valence electrons. The predicted octanol–water partition coefficient (Wildman–Crippen LogP) is 2.93. The predicted molar refractivity (Wildman–Crippen MR) is 110 cm³/mol. The van der Waals surface area contributed by atoms with Gasteiger partial charge in [-0.05, 0) is 41.6 Å². The van der Waals surface area contributed by atoms with Gasteiger partial charge in [-0.3, -0.25) is 4.79 Å². The fourth-order valence-electron chi connectivity index (χ4n) is 3.26. The Morgan fingerprint density at radius 2 is 1.90 bits per heavy atom. The monoisotopic (exact) mass is 396 g/mol. The molecule has 2 aromatic carbocycles. The van der Waals surface area contributed by atoms with Crippen LogP contribution >= 0.6 is 0 Å². The quantitative estimate of drug-likeness (QED) is 0.501. The summed E-state index contributed by atoms with van der Waals surface area (Å²) in [5.74, 6) is 0.354. The third-order valence-corrected chi connectivity index (χ3v) is 4.69.